The third kappa shape index (κ3) is 3.49. The van der Waals surface area contributed by atoms with E-state index in [4.69, 9.17) is 5.11 Å². The van der Waals surface area contributed by atoms with Crippen LogP contribution in [0.4, 0.5) is 0 Å². The average molecular weight is 245 g/mol. The molecule has 0 radical (unpaired) electrons. The van der Waals surface area contributed by atoms with E-state index in [9.17, 15) is 9.59 Å². The molecule has 0 aromatic carbocycles. The van der Waals surface area contributed by atoms with Crippen LogP contribution in [0.1, 0.15) is 26.7 Å². The summed E-state index contributed by atoms with van der Waals surface area (Å²) in [6, 6.07) is -0.0557. The van der Waals surface area contributed by atoms with Crippen molar-refractivity contribution < 1.29 is 14.7 Å². The number of aliphatic hydroxyl groups excluding tert-OH is 1. The van der Waals surface area contributed by atoms with Crippen molar-refractivity contribution in [1.29, 1.82) is 0 Å². The predicted octanol–water partition coefficient (Wildman–Crippen LogP) is 0.885. The van der Waals surface area contributed by atoms with Crippen LogP contribution in [0.2, 0.25) is 0 Å². The quantitative estimate of drug-likeness (QED) is 0.781. The fourth-order valence-corrected chi connectivity index (χ4v) is 2.65. The van der Waals surface area contributed by atoms with Gasteiger partial charge in [-0.05, 0) is 12.3 Å². The molecule has 92 valence electrons. The van der Waals surface area contributed by atoms with Crippen molar-refractivity contribution in [3.8, 4) is 0 Å². The molecule has 1 fully saturated rings. The molecule has 4 nitrogen and oxygen atoms in total. The molecule has 0 bridgehead atoms. The van der Waals surface area contributed by atoms with Crippen LogP contribution >= 0.6 is 11.8 Å². The van der Waals surface area contributed by atoms with E-state index in [1.807, 2.05) is 6.92 Å². The van der Waals surface area contributed by atoms with Crippen LogP contribution in [-0.2, 0) is 9.59 Å². The standard InChI is InChI=1S/C11H19NO3S/c1-3-10(6-13)12-5-9(4-11(12)15)7-16-8(2)14/h9-10,13H,3-7H2,1-2H3. The molecule has 1 heterocycles. The number of amides is 1. The van der Waals surface area contributed by atoms with E-state index < -0.39 is 0 Å². The summed E-state index contributed by atoms with van der Waals surface area (Å²) in [5.41, 5.74) is 0. The molecular weight excluding hydrogens is 226 g/mol. The molecular formula is C11H19NO3S. The molecule has 5 heteroatoms. The SMILES string of the molecule is CCC(CO)N1CC(CSC(C)=O)CC1=O. The normalized spacial score (nSPS) is 22.6. The molecule has 16 heavy (non-hydrogen) atoms. The zero-order chi connectivity index (χ0) is 12.1. The van der Waals surface area contributed by atoms with Gasteiger partial charge in [-0.1, -0.05) is 18.7 Å². The van der Waals surface area contributed by atoms with Gasteiger partial charge in [0.15, 0.2) is 5.12 Å². The van der Waals surface area contributed by atoms with Crippen molar-refractivity contribution in [2.45, 2.75) is 32.7 Å². The zero-order valence-corrected chi connectivity index (χ0v) is 10.6. The lowest BCUT2D eigenvalue weighted by Gasteiger charge is -2.25. The minimum atomic E-state index is -0.0557. The van der Waals surface area contributed by atoms with E-state index in [1.165, 1.54) is 11.8 Å². The first-order valence-electron chi connectivity index (χ1n) is 5.62. The Bertz CT molecular complexity index is 266. The zero-order valence-electron chi connectivity index (χ0n) is 9.81. The molecule has 0 saturated carbocycles. The summed E-state index contributed by atoms with van der Waals surface area (Å²) in [6.07, 6.45) is 1.28. The Morgan fingerprint density at radius 3 is 2.88 bits per heavy atom. The summed E-state index contributed by atoms with van der Waals surface area (Å²) in [5.74, 6) is 1.07. The van der Waals surface area contributed by atoms with Gasteiger partial charge in [-0.2, -0.15) is 0 Å². The fraction of sp³-hybridized carbons (Fsp3) is 0.818. The number of carbonyl (C=O) groups is 2. The van der Waals surface area contributed by atoms with Crippen molar-refractivity contribution in [2.75, 3.05) is 18.9 Å². The van der Waals surface area contributed by atoms with Crippen LogP contribution in [0.25, 0.3) is 0 Å². The monoisotopic (exact) mass is 245 g/mol. The third-order valence-electron chi connectivity index (χ3n) is 2.88. The van der Waals surface area contributed by atoms with Gasteiger partial charge in [-0.25, -0.2) is 0 Å². The molecule has 2 atom stereocenters. The lowest BCUT2D eigenvalue weighted by atomic mass is 10.1. The van der Waals surface area contributed by atoms with E-state index in [0.717, 1.165) is 6.42 Å². The Labute approximate surface area is 100 Å². The number of aliphatic hydroxyl groups is 1. The van der Waals surface area contributed by atoms with Crippen LogP contribution in [0.3, 0.4) is 0 Å². The van der Waals surface area contributed by atoms with Gasteiger partial charge in [0.25, 0.3) is 0 Å². The van der Waals surface area contributed by atoms with Crippen LogP contribution in [0.5, 0.6) is 0 Å². The lowest BCUT2D eigenvalue weighted by molar-refractivity contribution is -0.130. The number of hydrogen-bond acceptors (Lipinski definition) is 4. The van der Waals surface area contributed by atoms with Crippen LogP contribution < -0.4 is 0 Å². The van der Waals surface area contributed by atoms with Crippen molar-refractivity contribution in [3.05, 3.63) is 0 Å². The molecule has 0 aliphatic carbocycles. The minimum Gasteiger partial charge on any atom is -0.394 e. The van der Waals surface area contributed by atoms with Crippen molar-refractivity contribution >= 4 is 22.8 Å². The van der Waals surface area contributed by atoms with Gasteiger partial charge in [-0.15, -0.1) is 0 Å². The van der Waals surface area contributed by atoms with Gasteiger partial charge in [-0.3, -0.25) is 9.59 Å². The molecule has 1 rings (SSSR count). The lowest BCUT2D eigenvalue weighted by Crippen LogP contribution is -2.38. The second-order valence-corrected chi connectivity index (χ2v) is 5.36. The summed E-state index contributed by atoms with van der Waals surface area (Å²) in [5, 5.41) is 9.25. The molecule has 1 aliphatic heterocycles. The van der Waals surface area contributed by atoms with E-state index in [0.29, 0.717) is 18.7 Å². The maximum absolute atomic E-state index is 11.7. The summed E-state index contributed by atoms with van der Waals surface area (Å²) in [7, 11) is 0. The summed E-state index contributed by atoms with van der Waals surface area (Å²) < 4.78 is 0. The Morgan fingerprint density at radius 1 is 1.69 bits per heavy atom. The molecule has 1 amide bonds. The fourth-order valence-electron chi connectivity index (χ4n) is 1.96. The first-order valence-corrected chi connectivity index (χ1v) is 6.60. The number of carbonyl (C=O) groups excluding carboxylic acids is 2. The predicted molar refractivity (Wildman–Crippen MR) is 64.1 cm³/mol. The minimum absolute atomic E-state index is 0.0226. The number of likely N-dealkylation sites (tertiary alicyclic amines) is 1. The second-order valence-electron chi connectivity index (χ2n) is 4.16. The average Bonchev–Trinajstić information content (AvgIpc) is 2.59. The van der Waals surface area contributed by atoms with Crippen LogP contribution in [-0.4, -0.2) is 46.0 Å². The summed E-state index contributed by atoms with van der Waals surface area (Å²) in [4.78, 5) is 24.3. The Morgan fingerprint density at radius 2 is 2.38 bits per heavy atom. The highest BCUT2D eigenvalue weighted by Gasteiger charge is 2.33. The molecule has 0 aromatic rings. The highest BCUT2D eigenvalue weighted by molar-refractivity contribution is 8.13. The van der Waals surface area contributed by atoms with Gasteiger partial charge >= 0.3 is 0 Å². The Balaban J connectivity index is 2.46. The van der Waals surface area contributed by atoms with Gasteiger partial charge < -0.3 is 10.0 Å². The third-order valence-corrected chi connectivity index (χ3v) is 3.93. The van der Waals surface area contributed by atoms with Gasteiger partial charge in [0.05, 0.1) is 12.6 Å². The largest absolute Gasteiger partial charge is 0.394 e. The number of hydrogen-bond donors (Lipinski definition) is 1. The number of nitrogens with zero attached hydrogens (tertiary/aromatic N) is 1. The van der Waals surface area contributed by atoms with E-state index >= 15 is 0 Å². The van der Waals surface area contributed by atoms with E-state index in [1.54, 1.807) is 11.8 Å². The Kier molecular flexibility index (Phi) is 5.28. The first-order chi connectivity index (χ1) is 7.58. The smallest absolute Gasteiger partial charge is 0.223 e. The molecule has 0 spiro atoms. The number of rotatable bonds is 5. The maximum Gasteiger partial charge on any atom is 0.223 e. The molecule has 1 saturated heterocycles. The molecule has 2 unspecified atom stereocenters. The first kappa shape index (κ1) is 13.5. The topological polar surface area (TPSA) is 57.6 Å². The van der Waals surface area contributed by atoms with Gasteiger partial charge in [0, 0.05) is 25.6 Å². The van der Waals surface area contributed by atoms with Gasteiger partial charge in [0.2, 0.25) is 5.91 Å². The number of thioether (sulfide) groups is 1. The Hall–Kier alpha value is -0.550. The van der Waals surface area contributed by atoms with E-state index in [-0.39, 0.29) is 29.6 Å². The molecule has 1 N–H and O–H groups in total. The van der Waals surface area contributed by atoms with Crippen LogP contribution in [0, 0.1) is 5.92 Å². The summed E-state index contributed by atoms with van der Waals surface area (Å²) >= 11 is 1.28. The molecule has 0 aromatic heterocycles. The van der Waals surface area contributed by atoms with Crippen molar-refractivity contribution in [3.63, 3.8) is 0 Å². The van der Waals surface area contributed by atoms with E-state index in [2.05, 4.69) is 0 Å². The van der Waals surface area contributed by atoms with Gasteiger partial charge in [0.1, 0.15) is 0 Å². The van der Waals surface area contributed by atoms with Crippen molar-refractivity contribution in [2.24, 2.45) is 5.92 Å². The highest BCUT2D eigenvalue weighted by Crippen LogP contribution is 2.24. The second kappa shape index (κ2) is 6.25. The maximum atomic E-state index is 11.7. The molecule has 1 aliphatic rings. The van der Waals surface area contributed by atoms with Crippen LogP contribution in [0.15, 0.2) is 0 Å². The van der Waals surface area contributed by atoms with Crippen molar-refractivity contribution in [1.82, 2.24) is 4.90 Å². The highest BCUT2D eigenvalue weighted by atomic mass is 32.2. The summed E-state index contributed by atoms with van der Waals surface area (Å²) in [6.45, 7) is 4.21.